The van der Waals surface area contributed by atoms with Crippen molar-refractivity contribution in [1.29, 1.82) is 0 Å². The minimum atomic E-state index is -3.30. The highest BCUT2D eigenvalue weighted by atomic mass is 32.2. The summed E-state index contributed by atoms with van der Waals surface area (Å²) in [4.78, 5) is 4.47. The molecule has 0 aromatic heterocycles. The van der Waals surface area contributed by atoms with Crippen LogP contribution in [0, 0.1) is 5.92 Å². The second-order valence-corrected chi connectivity index (χ2v) is 7.64. The van der Waals surface area contributed by atoms with Crippen LogP contribution in [-0.4, -0.2) is 39.8 Å². The van der Waals surface area contributed by atoms with Crippen LogP contribution < -0.4 is 15.4 Å². The number of benzene rings is 1. The summed E-state index contributed by atoms with van der Waals surface area (Å²) in [6.45, 7) is 4.22. The molecule has 0 atom stereocenters. The Balaban J connectivity index is 1.72. The maximum absolute atomic E-state index is 12.0. The number of guanidine groups is 1. The number of nitrogens with zero attached hydrogens (tertiary/aromatic N) is 1. The molecule has 1 aromatic carbocycles. The van der Waals surface area contributed by atoms with Gasteiger partial charge in [-0.3, -0.25) is 4.99 Å². The number of sulfonamides is 1. The fourth-order valence-corrected chi connectivity index (χ4v) is 2.93. The topological polar surface area (TPSA) is 82.6 Å². The Morgan fingerprint density at radius 3 is 2.61 bits per heavy atom. The number of rotatable bonds is 9. The van der Waals surface area contributed by atoms with Gasteiger partial charge in [-0.1, -0.05) is 30.3 Å². The van der Waals surface area contributed by atoms with E-state index in [1.165, 1.54) is 12.8 Å². The number of nitrogens with one attached hydrogen (secondary N) is 3. The molecule has 128 valence electrons. The molecule has 1 aliphatic carbocycles. The second kappa shape index (κ2) is 8.88. The summed E-state index contributed by atoms with van der Waals surface area (Å²) in [5.41, 5.74) is 0.948. The molecule has 0 spiro atoms. The molecule has 0 saturated heterocycles. The van der Waals surface area contributed by atoms with E-state index in [2.05, 4.69) is 20.3 Å². The van der Waals surface area contributed by atoms with Crippen LogP contribution >= 0.6 is 0 Å². The van der Waals surface area contributed by atoms with Crippen LogP contribution in [0.4, 0.5) is 0 Å². The van der Waals surface area contributed by atoms with Crippen molar-refractivity contribution in [1.82, 2.24) is 15.4 Å². The highest BCUT2D eigenvalue weighted by molar-refractivity contribution is 7.89. The number of hydrogen-bond donors (Lipinski definition) is 3. The summed E-state index contributed by atoms with van der Waals surface area (Å²) in [5, 5.41) is 6.21. The summed E-state index contributed by atoms with van der Waals surface area (Å²) in [5.74, 6) is 1.42. The molecule has 6 nitrogen and oxygen atoms in total. The molecule has 1 aromatic rings. The van der Waals surface area contributed by atoms with Crippen molar-refractivity contribution in [2.45, 2.75) is 26.3 Å². The van der Waals surface area contributed by atoms with Crippen molar-refractivity contribution in [2.24, 2.45) is 10.9 Å². The lowest BCUT2D eigenvalue weighted by molar-refractivity contribution is 0.580. The van der Waals surface area contributed by atoms with Gasteiger partial charge in [-0.15, -0.1) is 0 Å². The van der Waals surface area contributed by atoms with Crippen molar-refractivity contribution in [3.05, 3.63) is 35.9 Å². The van der Waals surface area contributed by atoms with E-state index in [0.29, 0.717) is 25.0 Å². The molecule has 1 saturated carbocycles. The van der Waals surface area contributed by atoms with Crippen molar-refractivity contribution in [2.75, 3.05) is 25.4 Å². The minimum Gasteiger partial charge on any atom is -0.357 e. The first-order chi connectivity index (χ1) is 11.1. The molecule has 0 amide bonds. The van der Waals surface area contributed by atoms with Crippen LogP contribution in [0.2, 0.25) is 0 Å². The molecule has 3 N–H and O–H groups in total. The minimum absolute atomic E-state index is 0.0215. The molecule has 0 aliphatic heterocycles. The number of hydrogen-bond acceptors (Lipinski definition) is 3. The standard InChI is InChI=1S/C16H26N4O2S/c1-2-17-16(19-12-15-8-9-15)18-10-11-23(21,22)20-13-14-6-4-3-5-7-14/h3-7,15,20H,2,8-13H2,1H3,(H2,17,18,19). The Morgan fingerprint density at radius 2 is 1.96 bits per heavy atom. The summed E-state index contributed by atoms with van der Waals surface area (Å²) in [6, 6.07) is 9.49. The first-order valence-corrected chi connectivity index (χ1v) is 9.77. The van der Waals surface area contributed by atoms with E-state index in [9.17, 15) is 8.42 Å². The fraction of sp³-hybridized carbons (Fsp3) is 0.562. The van der Waals surface area contributed by atoms with E-state index in [-0.39, 0.29) is 5.75 Å². The van der Waals surface area contributed by atoms with Crippen LogP contribution in [0.5, 0.6) is 0 Å². The average molecular weight is 338 g/mol. The monoisotopic (exact) mass is 338 g/mol. The lowest BCUT2D eigenvalue weighted by Gasteiger charge is -2.12. The van der Waals surface area contributed by atoms with Gasteiger partial charge in [-0.2, -0.15) is 0 Å². The van der Waals surface area contributed by atoms with E-state index in [0.717, 1.165) is 18.7 Å². The molecular weight excluding hydrogens is 312 g/mol. The molecule has 1 aliphatic rings. The van der Waals surface area contributed by atoms with Gasteiger partial charge in [0, 0.05) is 26.2 Å². The van der Waals surface area contributed by atoms with Crippen molar-refractivity contribution in [3.8, 4) is 0 Å². The number of aliphatic imine (C=N–C) groups is 1. The van der Waals surface area contributed by atoms with Crippen LogP contribution in [-0.2, 0) is 16.6 Å². The van der Waals surface area contributed by atoms with Crippen LogP contribution in [0.15, 0.2) is 35.3 Å². The molecule has 23 heavy (non-hydrogen) atoms. The van der Waals surface area contributed by atoms with Gasteiger partial charge in [0.15, 0.2) is 5.96 Å². The van der Waals surface area contributed by atoms with Crippen molar-refractivity contribution in [3.63, 3.8) is 0 Å². The molecule has 2 rings (SSSR count). The van der Waals surface area contributed by atoms with Crippen molar-refractivity contribution >= 4 is 16.0 Å². The highest BCUT2D eigenvalue weighted by Crippen LogP contribution is 2.28. The third-order valence-electron chi connectivity index (χ3n) is 3.55. The molecule has 1 fully saturated rings. The Bertz CT molecular complexity index is 598. The SMILES string of the molecule is CCNC(=NCC1CC1)NCCS(=O)(=O)NCc1ccccc1. The average Bonchev–Trinajstić information content (AvgIpc) is 3.36. The Hall–Kier alpha value is -1.60. The zero-order valence-electron chi connectivity index (χ0n) is 13.6. The summed E-state index contributed by atoms with van der Waals surface area (Å²) in [6.07, 6.45) is 2.50. The van der Waals surface area contributed by atoms with E-state index < -0.39 is 10.0 Å². The van der Waals surface area contributed by atoms with E-state index in [1.807, 2.05) is 37.3 Å². The van der Waals surface area contributed by atoms with Gasteiger partial charge in [-0.05, 0) is 31.2 Å². The Morgan fingerprint density at radius 1 is 1.22 bits per heavy atom. The zero-order chi connectivity index (χ0) is 16.5. The maximum Gasteiger partial charge on any atom is 0.213 e. The molecule has 0 unspecified atom stereocenters. The normalized spacial score (nSPS) is 15.4. The molecule has 0 heterocycles. The van der Waals surface area contributed by atoms with Crippen LogP contribution in [0.25, 0.3) is 0 Å². The lowest BCUT2D eigenvalue weighted by atomic mass is 10.2. The van der Waals surface area contributed by atoms with E-state index in [4.69, 9.17) is 0 Å². The summed E-state index contributed by atoms with van der Waals surface area (Å²) in [7, 11) is -3.30. The van der Waals surface area contributed by atoms with Gasteiger partial charge in [0.05, 0.1) is 5.75 Å². The van der Waals surface area contributed by atoms with E-state index in [1.54, 1.807) is 0 Å². The maximum atomic E-state index is 12.0. The Kier molecular flexibility index (Phi) is 6.85. The summed E-state index contributed by atoms with van der Waals surface area (Å²) >= 11 is 0. The van der Waals surface area contributed by atoms with Gasteiger partial charge >= 0.3 is 0 Å². The van der Waals surface area contributed by atoms with Gasteiger partial charge < -0.3 is 10.6 Å². The van der Waals surface area contributed by atoms with Gasteiger partial charge in [0.25, 0.3) is 0 Å². The quantitative estimate of drug-likeness (QED) is 0.465. The predicted molar refractivity (Wildman–Crippen MR) is 93.8 cm³/mol. The molecular formula is C16H26N4O2S. The van der Waals surface area contributed by atoms with Crippen LogP contribution in [0.1, 0.15) is 25.3 Å². The first kappa shape index (κ1) is 17.7. The lowest BCUT2D eigenvalue weighted by Crippen LogP contribution is -2.41. The highest BCUT2D eigenvalue weighted by Gasteiger charge is 2.20. The molecule has 7 heteroatoms. The predicted octanol–water partition coefficient (Wildman–Crippen LogP) is 1.07. The Labute approximate surface area is 138 Å². The summed E-state index contributed by atoms with van der Waals surface area (Å²) < 4.78 is 26.6. The van der Waals surface area contributed by atoms with E-state index >= 15 is 0 Å². The molecule has 0 radical (unpaired) electrons. The molecule has 0 bridgehead atoms. The van der Waals surface area contributed by atoms with Gasteiger partial charge in [-0.25, -0.2) is 13.1 Å². The van der Waals surface area contributed by atoms with Gasteiger partial charge in [0.1, 0.15) is 0 Å². The van der Waals surface area contributed by atoms with Crippen molar-refractivity contribution < 1.29 is 8.42 Å². The fourth-order valence-electron chi connectivity index (χ4n) is 2.03. The third kappa shape index (κ3) is 7.47. The smallest absolute Gasteiger partial charge is 0.213 e. The largest absolute Gasteiger partial charge is 0.357 e. The zero-order valence-corrected chi connectivity index (χ0v) is 14.4. The van der Waals surface area contributed by atoms with Gasteiger partial charge in [0.2, 0.25) is 10.0 Å². The third-order valence-corrected chi connectivity index (χ3v) is 4.88. The first-order valence-electron chi connectivity index (χ1n) is 8.12. The second-order valence-electron chi connectivity index (χ2n) is 5.72. The van der Waals surface area contributed by atoms with Crippen LogP contribution in [0.3, 0.4) is 0 Å².